The third-order valence-corrected chi connectivity index (χ3v) is 11.3. The van der Waals surface area contributed by atoms with Crippen molar-refractivity contribution in [2.24, 2.45) is 0 Å². The number of hydrogen-bond donors (Lipinski definition) is 0. The van der Waals surface area contributed by atoms with Crippen LogP contribution in [0.15, 0.2) is 36.4 Å². The van der Waals surface area contributed by atoms with Crippen LogP contribution in [0.3, 0.4) is 0 Å². The van der Waals surface area contributed by atoms with E-state index in [9.17, 15) is 8.78 Å². The van der Waals surface area contributed by atoms with E-state index >= 15 is 0 Å². The molecule has 1 atom stereocenters. The molecule has 194 valence electrons. The number of ether oxygens (including phenoxy) is 1. The predicted octanol–water partition coefficient (Wildman–Crippen LogP) is 10.1. The highest BCUT2D eigenvalue weighted by Gasteiger charge is 2.23. The van der Waals surface area contributed by atoms with Gasteiger partial charge in [0.25, 0.3) is 0 Å². The summed E-state index contributed by atoms with van der Waals surface area (Å²) in [4.78, 5) is 0. The second-order valence-electron chi connectivity index (χ2n) is 10.7. The Morgan fingerprint density at radius 2 is 1.43 bits per heavy atom. The zero-order valence-electron chi connectivity index (χ0n) is 22.3. The van der Waals surface area contributed by atoms with Crippen LogP contribution in [0.2, 0.25) is 18.1 Å². The van der Waals surface area contributed by atoms with Crippen LogP contribution in [0, 0.1) is 11.6 Å². The summed E-state index contributed by atoms with van der Waals surface area (Å²) in [6.45, 7) is 6.37. The van der Waals surface area contributed by atoms with Gasteiger partial charge in [0.1, 0.15) is 0 Å². The maximum absolute atomic E-state index is 14.8. The largest absolute Gasteiger partial charge is 0.485 e. The molecule has 0 amide bonds. The molecule has 35 heavy (non-hydrogen) atoms. The zero-order chi connectivity index (χ0) is 25.0. The van der Waals surface area contributed by atoms with E-state index < -0.39 is 20.4 Å². The van der Waals surface area contributed by atoms with Crippen LogP contribution < -0.4 is 4.74 Å². The summed E-state index contributed by atoms with van der Waals surface area (Å²) < 4.78 is 35.3. The molecular weight excluding hydrogens is 454 g/mol. The van der Waals surface area contributed by atoms with Gasteiger partial charge in [0, 0.05) is 8.80 Å². The molecule has 2 aromatic carbocycles. The highest BCUT2D eigenvalue weighted by atomic mass is 28.3. The van der Waals surface area contributed by atoms with Crippen molar-refractivity contribution in [3.8, 4) is 16.9 Å². The Labute approximate surface area is 214 Å². The van der Waals surface area contributed by atoms with Gasteiger partial charge in [0.2, 0.25) is 0 Å². The van der Waals surface area contributed by atoms with E-state index in [2.05, 4.69) is 26.0 Å². The summed E-state index contributed by atoms with van der Waals surface area (Å²) in [5.74, 6) is -0.834. The van der Waals surface area contributed by atoms with E-state index in [-0.39, 0.29) is 11.9 Å². The average Bonchev–Trinajstić information content (AvgIpc) is 2.87. The minimum Gasteiger partial charge on any atom is -0.485 e. The van der Waals surface area contributed by atoms with E-state index in [0.29, 0.717) is 11.5 Å². The Kier molecular flexibility index (Phi) is 11.8. The first-order valence-electron chi connectivity index (χ1n) is 14.3. The molecule has 1 nitrogen and oxygen atoms in total. The maximum Gasteiger partial charge on any atom is 0.191 e. The highest BCUT2D eigenvalue weighted by molar-refractivity contribution is 6.59. The molecule has 4 heteroatoms. The van der Waals surface area contributed by atoms with Gasteiger partial charge in [0.05, 0.1) is 6.10 Å². The minimum atomic E-state index is -0.617. The van der Waals surface area contributed by atoms with Crippen molar-refractivity contribution >= 4 is 8.80 Å². The molecule has 0 unspecified atom stereocenters. The van der Waals surface area contributed by atoms with E-state index in [4.69, 9.17) is 4.74 Å². The minimum absolute atomic E-state index is 0.199. The number of rotatable bonds is 14. The fourth-order valence-corrected chi connectivity index (χ4v) is 9.03. The molecule has 0 bridgehead atoms. The quantitative estimate of drug-likeness (QED) is 0.185. The Morgan fingerprint density at radius 3 is 2.06 bits per heavy atom. The molecular formula is C31H46F2OSi. The van der Waals surface area contributed by atoms with Gasteiger partial charge in [-0.25, -0.2) is 8.78 Å². The lowest BCUT2D eigenvalue weighted by molar-refractivity contribution is 0.188. The van der Waals surface area contributed by atoms with Crippen LogP contribution in [0.25, 0.3) is 11.1 Å². The van der Waals surface area contributed by atoms with Crippen molar-refractivity contribution in [2.45, 2.75) is 122 Å². The van der Waals surface area contributed by atoms with Gasteiger partial charge in [-0.1, -0.05) is 101 Å². The standard InChI is InChI=1S/C31H46F2OSi/c1-4-6-8-9-10-12-24(3)34-31-29(32)22-28(23-30(31)33)26-15-13-25(14-16-26)27-17-20-35(21-18-27)19-11-7-5-2/h13-16,22-24,27,35H,4-12,17-21H2,1-3H3/t24-,27-,35-/m0/s1. The summed E-state index contributed by atoms with van der Waals surface area (Å²) in [5.41, 5.74) is 2.80. The van der Waals surface area contributed by atoms with Crippen LogP contribution in [0.5, 0.6) is 5.75 Å². The molecule has 0 aliphatic carbocycles. The Morgan fingerprint density at radius 1 is 0.829 bits per heavy atom. The van der Waals surface area contributed by atoms with E-state index in [1.165, 1.54) is 87.2 Å². The lowest BCUT2D eigenvalue weighted by Gasteiger charge is -2.28. The van der Waals surface area contributed by atoms with Crippen LogP contribution in [-0.2, 0) is 0 Å². The molecule has 0 spiro atoms. The lowest BCUT2D eigenvalue weighted by Crippen LogP contribution is -2.20. The summed E-state index contributed by atoms with van der Waals surface area (Å²) in [6.07, 6.45) is 13.2. The topological polar surface area (TPSA) is 9.23 Å². The second kappa shape index (κ2) is 14.8. The van der Waals surface area contributed by atoms with Crippen molar-refractivity contribution in [2.75, 3.05) is 0 Å². The molecule has 3 rings (SSSR count). The molecule has 1 aliphatic rings. The lowest BCUT2D eigenvalue weighted by atomic mass is 9.92. The smallest absolute Gasteiger partial charge is 0.191 e. The first kappa shape index (κ1) is 27.9. The van der Waals surface area contributed by atoms with Crippen molar-refractivity contribution < 1.29 is 13.5 Å². The molecule has 0 saturated carbocycles. The Hall–Kier alpha value is -1.68. The van der Waals surface area contributed by atoms with Crippen LogP contribution >= 0.6 is 0 Å². The van der Waals surface area contributed by atoms with Gasteiger partial charge >= 0.3 is 0 Å². The number of halogens is 2. The van der Waals surface area contributed by atoms with Crippen LogP contribution in [-0.4, -0.2) is 14.9 Å². The SMILES string of the molecule is CCCCCCC[C@H](C)Oc1c(F)cc(-c2ccc([C@H]3CC[Si@H](CCCCC)CC3)cc2)cc1F. The Bertz CT molecular complexity index is 851. The third-order valence-electron chi connectivity index (χ3n) is 7.81. The first-order chi connectivity index (χ1) is 17.0. The van der Waals surface area contributed by atoms with Gasteiger partial charge < -0.3 is 4.74 Å². The molecule has 0 N–H and O–H groups in total. The van der Waals surface area contributed by atoms with Gasteiger partial charge in [0.15, 0.2) is 17.4 Å². The molecule has 1 saturated heterocycles. The van der Waals surface area contributed by atoms with Crippen LogP contribution in [0.1, 0.15) is 103 Å². The third kappa shape index (κ3) is 8.73. The normalized spacial score (nSPS) is 19.0. The fraction of sp³-hybridized carbons (Fsp3) is 0.613. The first-order valence-corrected chi connectivity index (χ1v) is 16.7. The maximum atomic E-state index is 14.8. The fourth-order valence-electron chi connectivity index (χ4n) is 5.55. The molecule has 1 fully saturated rings. The summed E-state index contributed by atoms with van der Waals surface area (Å²) >= 11 is 0. The highest BCUT2D eigenvalue weighted by Crippen LogP contribution is 2.36. The van der Waals surface area contributed by atoms with E-state index in [1.807, 2.05) is 19.1 Å². The molecule has 0 aromatic heterocycles. The van der Waals surface area contributed by atoms with Crippen molar-refractivity contribution in [3.63, 3.8) is 0 Å². The van der Waals surface area contributed by atoms with Gasteiger partial charge in [-0.3, -0.25) is 0 Å². The predicted molar refractivity (Wildman–Crippen MR) is 148 cm³/mol. The number of unbranched alkanes of at least 4 members (excludes halogenated alkanes) is 6. The van der Waals surface area contributed by atoms with Crippen molar-refractivity contribution in [3.05, 3.63) is 53.6 Å². The second-order valence-corrected chi connectivity index (χ2v) is 14.2. The monoisotopic (exact) mass is 500 g/mol. The summed E-state index contributed by atoms with van der Waals surface area (Å²) in [7, 11) is -0.513. The zero-order valence-corrected chi connectivity index (χ0v) is 23.4. The van der Waals surface area contributed by atoms with Gasteiger partial charge in [-0.05, 0) is 67.3 Å². The summed E-state index contributed by atoms with van der Waals surface area (Å²) in [5, 5.41) is 0. The molecule has 0 radical (unpaired) electrons. The van der Waals surface area contributed by atoms with Gasteiger partial charge in [-0.2, -0.15) is 0 Å². The van der Waals surface area contributed by atoms with E-state index in [0.717, 1.165) is 24.8 Å². The van der Waals surface area contributed by atoms with Gasteiger partial charge in [-0.15, -0.1) is 0 Å². The summed E-state index contributed by atoms with van der Waals surface area (Å²) in [6, 6.07) is 15.6. The molecule has 2 aromatic rings. The van der Waals surface area contributed by atoms with Crippen molar-refractivity contribution in [1.82, 2.24) is 0 Å². The Balaban J connectivity index is 1.55. The van der Waals surface area contributed by atoms with Crippen LogP contribution in [0.4, 0.5) is 8.78 Å². The molecule has 1 aliphatic heterocycles. The molecule has 1 heterocycles. The van der Waals surface area contributed by atoms with Crippen molar-refractivity contribution in [1.29, 1.82) is 0 Å². The number of benzene rings is 2. The number of hydrogen-bond acceptors (Lipinski definition) is 1. The average molecular weight is 501 g/mol. The van der Waals surface area contributed by atoms with E-state index in [1.54, 1.807) is 0 Å².